The number of carboxylic acids is 1. The summed E-state index contributed by atoms with van der Waals surface area (Å²) in [6.45, 7) is 0. The van der Waals surface area contributed by atoms with Crippen molar-refractivity contribution in [2.75, 3.05) is 5.32 Å². The highest BCUT2D eigenvalue weighted by Gasteiger charge is 2.11. The molecule has 1 heterocycles. The van der Waals surface area contributed by atoms with E-state index < -0.39 is 5.97 Å². The fourth-order valence-electron chi connectivity index (χ4n) is 2.41. The van der Waals surface area contributed by atoms with Gasteiger partial charge in [-0.1, -0.05) is 18.2 Å². The number of rotatable bonds is 6. The maximum absolute atomic E-state index is 12.1. The SMILES string of the molecule is O=C(CCc1ccccc1C(=O)O)Nc1ccc(-c2nn[nH]n2)cc1. The smallest absolute Gasteiger partial charge is 0.335 e. The molecule has 0 aliphatic rings. The summed E-state index contributed by atoms with van der Waals surface area (Å²) in [6.07, 6.45) is 0.548. The van der Waals surface area contributed by atoms with Crippen LogP contribution in [-0.4, -0.2) is 37.6 Å². The first-order valence-corrected chi connectivity index (χ1v) is 7.58. The molecule has 2 aromatic carbocycles. The van der Waals surface area contributed by atoms with Crippen molar-refractivity contribution in [1.82, 2.24) is 20.6 Å². The van der Waals surface area contributed by atoms with E-state index in [4.69, 9.17) is 5.11 Å². The molecule has 0 fully saturated rings. The predicted octanol–water partition coefficient (Wildman–Crippen LogP) is 2.14. The third-order valence-corrected chi connectivity index (χ3v) is 3.64. The van der Waals surface area contributed by atoms with Crippen LogP contribution in [-0.2, 0) is 11.2 Å². The van der Waals surface area contributed by atoms with E-state index in [0.717, 1.165) is 5.56 Å². The molecule has 0 saturated heterocycles. The van der Waals surface area contributed by atoms with E-state index in [2.05, 4.69) is 25.9 Å². The molecule has 0 spiro atoms. The molecule has 0 bridgehead atoms. The molecular weight excluding hydrogens is 322 g/mol. The highest BCUT2D eigenvalue weighted by Crippen LogP contribution is 2.17. The molecule has 0 aliphatic heterocycles. The average Bonchev–Trinajstić information content (AvgIpc) is 3.15. The minimum absolute atomic E-state index is 0.187. The number of hydrogen-bond acceptors (Lipinski definition) is 5. The molecular formula is C17H15N5O3. The van der Waals surface area contributed by atoms with Crippen molar-refractivity contribution >= 4 is 17.6 Å². The Labute approximate surface area is 142 Å². The number of nitrogens with zero attached hydrogens (tertiary/aromatic N) is 3. The minimum atomic E-state index is -0.993. The van der Waals surface area contributed by atoms with Gasteiger partial charge in [0.05, 0.1) is 5.56 Å². The summed E-state index contributed by atoms with van der Waals surface area (Å²) in [6, 6.07) is 13.7. The Bertz CT molecular complexity index is 876. The van der Waals surface area contributed by atoms with E-state index in [1.165, 1.54) is 6.07 Å². The van der Waals surface area contributed by atoms with Gasteiger partial charge in [0.15, 0.2) is 0 Å². The number of tetrazole rings is 1. The molecule has 0 radical (unpaired) electrons. The van der Waals surface area contributed by atoms with Gasteiger partial charge in [0.25, 0.3) is 0 Å². The molecule has 3 aromatic rings. The van der Waals surface area contributed by atoms with Crippen molar-refractivity contribution in [3.63, 3.8) is 0 Å². The van der Waals surface area contributed by atoms with Crippen LogP contribution in [0.15, 0.2) is 48.5 Å². The van der Waals surface area contributed by atoms with Gasteiger partial charge in [0.2, 0.25) is 11.7 Å². The van der Waals surface area contributed by atoms with Crippen molar-refractivity contribution in [2.24, 2.45) is 0 Å². The van der Waals surface area contributed by atoms with E-state index in [0.29, 0.717) is 23.5 Å². The molecule has 126 valence electrons. The van der Waals surface area contributed by atoms with Gasteiger partial charge in [-0.3, -0.25) is 4.79 Å². The van der Waals surface area contributed by atoms with Gasteiger partial charge in [-0.2, -0.15) is 5.21 Å². The van der Waals surface area contributed by atoms with E-state index in [1.54, 1.807) is 42.5 Å². The molecule has 1 aromatic heterocycles. The highest BCUT2D eigenvalue weighted by atomic mass is 16.4. The third-order valence-electron chi connectivity index (χ3n) is 3.64. The van der Waals surface area contributed by atoms with Gasteiger partial charge in [0.1, 0.15) is 0 Å². The van der Waals surface area contributed by atoms with E-state index >= 15 is 0 Å². The van der Waals surface area contributed by atoms with E-state index in [-0.39, 0.29) is 17.9 Å². The van der Waals surface area contributed by atoms with Crippen LogP contribution in [0.25, 0.3) is 11.4 Å². The third kappa shape index (κ3) is 4.05. The Hall–Kier alpha value is -3.55. The Kier molecular flexibility index (Phi) is 4.79. The van der Waals surface area contributed by atoms with Crippen LogP contribution in [0.3, 0.4) is 0 Å². The number of aryl methyl sites for hydroxylation is 1. The van der Waals surface area contributed by atoms with Gasteiger partial charge in [-0.25, -0.2) is 4.79 Å². The van der Waals surface area contributed by atoms with Crippen LogP contribution in [0.2, 0.25) is 0 Å². The highest BCUT2D eigenvalue weighted by molar-refractivity contribution is 5.92. The Balaban J connectivity index is 1.59. The molecule has 0 unspecified atom stereocenters. The monoisotopic (exact) mass is 337 g/mol. The lowest BCUT2D eigenvalue weighted by molar-refractivity contribution is -0.116. The van der Waals surface area contributed by atoms with E-state index in [9.17, 15) is 9.59 Å². The number of aromatic nitrogens is 4. The van der Waals surface area contributed by atoms with Crippen LogP contribution in [0.4, 0.5) is 5.69 Å². The Morgan fingerprint density at radius 1 is 1.08 bits per heavy atom. The van der Waals surface area contributed by atoms with Gasteiger partial charge >= 0.3 is 5.97 Å². The van der Waals surface area contributed by atoms with Gasteiger partial charge in [-0.15, -0.1) is 10.2 Å². The fourth-order valence-corrected chi connectivity index (χ4v) is 2.41. The number of aromatic carboxylic acids is 1. The Morgan fingerprint density at radius 3 is 2.52 bits per heavy atom. The van der Waals surface area contributed by atoms with Crippen LogP contribution in [0, 0.1) is 0 Å². The molecule has 1 amide bonds. The minimum Gasteiger partial charge on any atom is -0.478 e. The number of benzene rings is 2. The summed E-state index contributed by atoms with van der Waals surface area (Å²) >= 11 is 0. The van der Waals surface area contributed by atoms with Crippen LogP contribution in [0.5, 0.6) is 0 Å². The lowest BCUT2D eigenvalue weighted by atomic mass is 10.0. The number of nitrogens with one attached hydrogen (secondary N) is 2. The lowest BCUT2D eigenvalue weighted by Gasteiger charge is -2.07. The maximum Gasteiger partial charge on any atom is 0.335 e. The summed E-state index contributed by atoms with van der Waals surface area (Å²) in [5, 5.41) is 25.6. The summed E-state index contributed by atoms with van der Waals surface area (Å²) in [4.78, 5) is 23.3. The normalized spacial score (nSPS) is 10.4. The van der Waals surface area contributed by atoms with Crippen molar-refractivity contribution < 1.29 is 14.7 Å². The van der Waals surface area contributed by atoms with Crippen molar-refractivity contribution in [1.29, 1.82) is 0 Å². The number of H-pyrrole nitrogens is 1. The topological polar surface area (TPSA) is 121 Å². The second-order valence-corrected chi connectivity index (χ2v) is 5.32. The molecule has 25 heavy (non-hydrogen) atoms. The van der Waals surface area contributed by atoms with Gasteiger partial charge < -0.3 is 10.4 Å². The summed E-state index contributed by atoms with van der Waals surface area (Å²) < 4.78 is 0. The lowest BCUT2D eigenvalue weighted by Crippen LogP contribution is -2.13. The summed E-state index contributed by atoms with van der Waals surface area (Å²) in [5.41, 5.74) is 2.28. The molecule has 3 N–H and O–H groups in total. The van der Waals surface area contributed by atoms with Crippen LogP contribution in [0.1, 0.15) is 22.3 Å². The van der Waals surface area contributed by atoms with Crippen LogP contribution < -0.4 is 5.32 Å². The molecule has 3 rings (SSSR count). The molecule has 0 aliphatic carbocycles. The average molecular weight is 337 g/mol. The standard InChI is InChI=1S/C17H15N5O3/c23-15(10-7-11-3-1-2-4-14(11)17(24)25)18-13-8-5-12(6-9-13)16-19-21-22-20-16/h1-6,8-9H,7,10H2,(H,18,23)(H,24,25)(H,19,20,21,22). The van der Waals surface area contributed by atoms with E-state index in [1.807, 2.05) is 0 Å². The number of aromatic amines is 1. The number of carboxylic acid groups (broad SMARTS) is 1. The number of amides is 1. The predicted molar refractivity (Wildman–Crippen MR) is 90.0 cm³/mol. The number of carbonyl (C=O) groups excluding carboxylic acids is 1. The molecule has 8 heteroatoms. The molecule has 8 nitrogen and oxygen atoms in total. The second kappa shape index (κ2) is 7.35. The van der Waals surface area contributed by atoms with Crippen molar-refractivity contribution in [3.05, 3.63) is 59.7 Å². The summed E-state index contributed by atoms with van der Waals surface area (Å²) in [5.74, 6) is -0.705. The zero-order valence-electron chi connectivity index (χ0n) is 13.1. The first-order valence-electron chi connectivity index (χ1n) is 7.58. The second-order valence-electron chi connectivity index (χ2n) is 5.32. The fraction of sp³-hybridized carbons (Fsp3) is 0.118. The first-order chi connectivity index (χ1) is 12.1. The van der Waals surface area contributed by atoms with Gasteiger partial charge in [0, 0.05) is 17.7 Å². The molecule has 0 atom stereocenters. The number of carbonyl (C=O) groups is 2. The zero-order chi connectivity index (χ0) is 17.6. The van der Waals surface area contributed by atoms with Crippen molar-refractivity contribution in [3.8, 4) is 11.4 Å². The first kappa shape index (κ1) is 16.3. The largest absolute Gasteiger partial charge is 0.478 e. The van der Waals surface area contributed by atoms with Crippen LogP contribution >= 0.6 is 0 Å². The quantitative estimate of drug-likeness (QED) is 0.633. The number of anilines is 1. The van der Waals surface area contributed by atoms with Crippen molar-refractivity contribution in [2.45, 2.75) is 12.8 Å². The zero-order valence-corrected chi connectivity index (χ0v) is 13.1. The summed E-state index contributed by atoms with van der Waals surface area (Å²) in [7, 11) is 0. The van der Waals surface area contributed by atoms with Gasteiger partial charge in [-0.05, 0) is 47.5 Å². The number of hydrogen-bond donors (Lipinski definition) is 3. The Morgan fingerprint density at radius 2 is 1.84 bits per heavy atom. The maximum atomic E-state index is 12.1. The molecule has 0 saturated carbocycles.